The summed E-state index contributed by atoms with van der Waals surface area (Å²) in [5.74, 6) is 0.292. The first-order valence-electron chi connectivity index (χ1n) is 8.93. The van der Waals surface area contributed by atoms with Crippen molar-refractivity contribution in [3.63, 3.8) is 0 Å². The number of methoxy groups -OCH3 is 1. The summed E-state index contributed by atoms with van der Waals surface area (Å²) in [7, 11) is 1.35. The highest BCUT2D eigenvalue weighted by atomic mass is 16.5. The van der Waals surface area contributed by atoms with E-state index in [4.69, 9.17) is 9.47 Å². The number of carbonyl (C=O) groups excluding carboxylic acids is 2. The van der Waals surface area contributed by atoms with Crippen LogP contribution >= 0.6 is 0 Å². The molecule has 1 aliphatic rings. The Kier molecular flexibility index (Phi) is 6.29. The molecular weight excluding hydrogens is 332 g/mol. The first-order chi connectivity index (χ1) is 12.2. The fourth-order valence-electron chi connectivity index (χ4n) is 2.85. The lowest BCUT2D eigenvalue weighted by atomic mass is 9.93. The van der Waals surface area contributed by atoms with Gasteiger partial charge in [-0.05, 0) is 51.3 Å². The third kappa shape index (κ3) is 5.00. The molecule has 1 unspecified atom stereocenters. The van der Waals surface area contributed by atoms with Gasteiger partial charge in [0.15, 0.2) is 0 Å². The van der Waals surface area contributed by atoms with Gasteiger partial charge in [-0.1, -0.05) is 25.5 Å². The molecule has 0 fully saturated rings. The molecule has 0 radical (unpaired) electrons. The molecule has 0 spiro atoms. The van der Waals surface area contributed by atoms with E-state index in [-0.39, 0.29) is 11.6 Å². The quantitative estimate of drug-likeness (QED) is 0.756. The highest BCUT2D eigenvalue weighted by Crippen LogP contribution is 2.31. The van der Waals surface area contributed by atoms with Crippen LogP contribution in [0.25, 0.3) is 0 Å². The Morgan fingerprint density at radius 2 is 1.85 bits per heavy atom. The smallest absolute Gasteiger partial charge is 0.337 e. The van der Waals surface area contributed by atoms with Crippen LogP contribution in [0.1, 0.15) is 58.6 Å². The van der Waals surface area contributed by atoms with Crippen LogP contribution < -0.4 is 15.4 Å². The number of urea groups is 1. The van der Waals surface area contributed by atoms with Gasteiger partial charge in [0, 0.05) is 5.70 Å². The van der Waals surface area contributed by atoms with Gasteiger partial charge in [-0.15, -0.1) is 0 Å². The van der Waals surface area contributed by atoms with Crippen molar-refractivity contribution in [2.45, 2.75) is 58.6 Å². The summed E-state index contributed by atoms with van der Waals surface area (Å²) >= 11 is 0. The van der Waals surface area contributed by atoms with Crippen LogP contribution in [0.15, 0.2) is 35.5 Å². The van der Waals surface area contributed by atoms with Gasteiger partial charge in [0.1, 0.15) is 11.4 Å². The minimum absolute atomic E-state index is 0.297. The number of amides is 2. The number of hydrogen-bond acceptors (Lipinski definition) is 4. The number of unbranched alkanes of at least 4 members (excludes halogenated alkanes) is 1. The first kappa shape index (κ1) is 19.8. The molecule has 142 valence electrons. The van der Waals surface area contributed by atoms with E-state index in [1.165, 1.54) is 7.11 Å². The number of nitrogens with one attached hydrogen (secondary N) is 2. The molecule has 0 aromatic heterocycles. The van der Waals surface area contributed by atoms with Crippen LogP contribution in [-0.4, -0.2) is 24.7 Å². The lowest BCUT2D eigenvalue weighted by Gasteiger charge is -2.29. The first-order valence-corrected chi connectivity index (χ1v) is 8.93. The zero-order chi connectivity index (χ0) is 19.3. The van der Waals surface area contributed by atoms with Gasteiger partial charge in [0.2, 0.25) is 0 Å². The second-order valence-corrected chi connectivity index (χ2v) is 7.30. The third-order valence-electron chi connectivity index (χ3n) is 3.98. The highest BCUT2D eigenvalue weighted by molar-refractivity contribution is 5.95. The molecule has 1 heterocycles. The SMILES string of the molecule is CCCCC1=C(C(=O)OC)C(c2ccc(OC(C)(C)C)cc2)NC(=O)N1. The van der Waals surface area contributed by atoms with Crippen molar-refractivity contribution < 1.29 is 19.1 Å². The molecule has 1 aromatic rings. The van der Waals surface area contributed by atoms with Gasteiger partial charge in [0.25, 0.3) is 0 Å². The molecule has 1 atom stereocenters. The van der Waals surface area contributed by atoms with Gasteiger partial charge < -0.3 is 20.1 Å². The largest absolute Gasteiger partial charge is 0.488 e. The van der Waals surface area contributed by atoms with Crippen molar-refractivity contribution in [1.82, 2.24) is 10.6 Å². The summed E-state index contributed by atoms with van der Waals surface area (Å²) in [6.07, 6.45) is 2.46. The molecule has 6 nitrogen and oxygen atoms in total. The average molecular weight is 360 g/mol. The summed E-state index contributed by atoms with van der Waals surface area (Å²) in [6.45, 7) is 8.00. The number of benzene rings is 1. The molecule has 0 saturated heterocycles. The van der Waals surface area contributed by atoms with E-state index in [9.17, 15) is 9.59 Å². The Hall–Kier alpha value is -2.50. The number of allylic oxidation sites excluding steroid dienone is 1. The van der Waals surface area contributed by atoms with Crippen molar-refractivity contribution in [3.05, 3.63) is 41.1 Å². The van der Waals surface area contributed by atoms with E-state index in [0.29, 0.717) is 17.7 Å². The minimum atomic E-state index is -0.549. The molecule has 1 aromatic carbocycles. The summed E-state index contributed by atoms with van der Waals surface area (Å²) in [4.78, 5) is 24.5. The third-order valence-corrected chi connectivity index (χ3v) is 3.98. The van der Waals surface area contributed by atoms with Crippen LogP contribution in [0, 0.1) is 0 Å². The Morgan fingerprint density at radius 1 is 1.19 bits per heavy atom. The molecule has 0 aliphatic carbocycles. The van der Waals surface area contributed by atoms with Crippen LogP contribution in [0.2, 0.25) is 0 Å². The van der Waals surface area contributed by atoms with Crippen molar-refractivity contribution in [3.8, 4) is 5.75 Å². The Morgan fingerprint density at radius 3 is 2.38 bits per heavy atom. The van der Waals surface area contributed by atoms with Crippen LogP contribution in [0.5, 0.6) is 5.75 Å². The van der Waals surface area contributed by atoms with E-state index < -0.39 is 12.0 Å². The zero-order valence-electron chi connectivity index (χ0n) is 16.1. The molecule has 0 bridgehead atoms. The fraction of sp³-hybridized carbons (Fsp3) is 0.500. The maximum absolute atomic E-state index is 12.4. The number of carbonyl (C=O) groups is 2. The normalized spacial score (nSPS) is 17.4. The van der Waals surface area contributed by atoms with Crippen LogP contribution in [0.4, 0.5) is 4.79 Å². The number of ether oxygens (including phenoxy) is 2. The molecule has 2 N–H and O–H groups in total. The van der Waals surface area contributed by atoms with Crippen molar-refractivity contribution in [1.29, 1.82) is 0 Å². The number of hydrogen-bond donors (Lipinski definition) is 2. The van der Waals surface area contributed by atoms with E-state index in [2.05, 4.69) is 17.6 Å². The summed E-state index contributed by atoms with van der Waals surface area (Å²) < 4.78 is 10.8. The highest BCUT2D eigenvalue weighted by Gasteiger charge is 2.33. The second kappa shape index (κ2) is 8.25. The fourth-order valence-corrected chi connectivity index (χ4v) is 2.85. The van der Waals surface area contributed by atoms with Gasteiger partial charge in [0.05, 0.1) is 18.7 Å². The zero-order valence-corrected chi connectivity index (χ0v) is 16.1. The lowest BCUT2D eigenvalue weighted by Crippen LogP contribution is -2.45. The van der Waals surface area contributed by atoms with Crippen LogP contribution in [-0.2, 0) is 9.53 Å². The Balaban J connectivity index is 2.37. The van der Waals surface area contributed by atoms with Gasteiger partial charge in [-0.2, -0.15) is 0 Å². The maximum Gasteiger partial charge on any atom is 0.337 e. The van der Waals surface area contributed by atoms with Crippen molar-refractivity contribution in [2.75, 3.05) is 7.11 Å². The Labute approximate surface area is 154 Å². The second-order valence-electron chi connectivity index (χ2n) is 7.30. The predicted octanol–water partition coefficient (Wildman–Crippen LogP) is 3.84. The molecule has 0 saturated carbocycles. The van der Waals surface area contributed by atoms with E-state index >= 15 is 0 Å². The number of esters is 1. The van der Waals surface area contributed by atoms with E-state index in [0.717, 1.165) is 24.2 Å². The predicted molar refractivity (Wildman–Crippen MR) is 99.8 cm³/mol. The molecule has 26 heavy (non-hydrogen) atoms. The monoisotopic (exact) mass is 360 g/mol. The van der Waals surface area contributed by atoms with Crippen molar-refractivity contribution >= 4 is 12.0 Å². The molecule has 2 amide bonds. The van der Waals surface area contributed by atoms with Crippen molar-refractivity contribution in [2.24, 2.45) is 0 Å². The maximum atomic E-state index is 12.4. The standard InChI is InChI=1S/C20H28N2O4/c1-6-7-8-15-16(18(23)25-5)17(22-19(24)21-15)13-9-11-14(12-10-13)26-20(2,3)4/h9-12,17H,6-8H2,1-5H3,(H2,21,22,24). The minimum Gasteiger partial charge on any atom is -0.488 e. The summed E-state index contributed by atoms with van der Waals surface area (Å²) in [5.41, 5.74) is 1.58. The van der Waals surface area contributed by atoms with Gasteiger partial charge in [-0.3, -0.25) is 0 Å². The van der Waals surface area contributed by atoms with E-state index in [1.54, 1.807) is 0 Å². The van der Waals surface area contributed by atoms with Crippen LogP contribution in [0.3, 0.4) is 0 Å². The summed E-state index contributed by atoms with van der Waals surface area (Å²) in [6, 6.07) is 6.54. The van der Waals surface area contributed by atoms with E-state index in [1.807, 2.05) is 45.0 Å². The topological polar surface area (TPSA) is 76.7 Å². The molecular formula is C20H28N2O4. The van der Waals surface area contributed by atoms with Gasteiger partial charge in [-0.25, -0.2) is 9.59 Å². The molecule has 1 aliphatic heterocycles. The Bertz CT molecular complexity index is 687. The summed E-state index contributed by atoms with van der Waals surface area (Å²) in [5, 5.41) is 5.59. The molecule has 2 rings (SSSR count). The average Bonchev–Trinajstić information content (AvgIpc) is 2.58. The van der Waals surface area contributed by atoms with Gasteiger partial charge >= 0.3 is 12.0 Å². The number of rotatable bonds is 6. The lowest BCUT2D eigenvalue weighted by molar-refractivity contribution is -0.136. The molecule has 6 heteroatoms.